The fraction of sp³-hybridized carbons (Fsp3) is 0.643. The molecule has 112 valence electrons. The Labute approximate surface area is 123 Å². The molecule has 1 fully saturated rings. The number of rotatable bonds is 6. The number of carbonyl (C=O) groups excluding carboxylic acids is 1. The Morgan fingerprint density at radius 3 is 2.70 bits per heavy atom. The lowest BCUT2D eigenvalue weighted by Gasteiger charge is -2.38. The number of hydrogen-bond donors (Lipinski definition) is 3. The highest BCUT2D eigenvalue weighted by Gasteiger charge is 2.32. The van der Waals surface area contributed by atoms with Gasteiger partial charge in [-0.2, -0.15) is 0 Å². The van der Waals surface area contributed by atoms with Gasteiger partial charge in [0.05, 0.1) is 7.11 Å². The van der Waals surface area contributed by atoms with E-state index in [0.29, 0.717) is 28.3 Å². The van der Waals surface area contributed by atoms with Gasteiger partial charge in [0.1, 0.15) is 15.6 Å². The highest BCUT2D eigenvalue weighted by Crippen LogP contribution is 2.45. The number of methoxy groups -OCH3 is 1. The monoisotopic (exact) mass is 297 g/mol. The zero-order valence-electron chi connectivity index (χ0n) is 12.3. The van der Waals surface area contributed by atoms with Crippen molar-refractivity contribution in [1.82, 2.24) is 5.32 Å². The van der Waals surface area contributed by atoms with Crippen molar-refractivity contribution in [2.75, 3.05) is 31.2 Å². The van der Waals surface area contributed by atoms with Crippen LogP contribution in [-0.2, 0) is 0 Å². The van der Waals surface area contributed by atoms with Gasteiger partial charge in [-0.05, 0) is 25.2 Å². The second-order valence-electron chi connectivity index (χ2n) is 5.58. The van der Waals surface area contributed by atoms with E-state index in [2.05, 4.69) is 17.6 Å². The first-order valence-corrected chi connectivity index (χ1v) is 7.80. The molecule has 0 unspecified atom stereocenters. The maximum absolute atomic E-state index is 12.0. The number of ether oxygens (including phenoxy) is 1. The molecular formula is C14H23N3O2S. The maximum Gasteiger partial charge on any atom is 0.263 e. The summed E-state index contributed by atoms with van der Waals surface area (Å²) in [4.78, 5) is 12.5. The second-order valence-corrected chi connectivity index (χ2v) is 6.61. The molecule has 1 aliphatic carbocycles. The van der Waals surface area contributed by atoms with Gasteiger partial charge in [-0.25, -0.2) is 0 Å². The van der Waals surface area contributed by atoms with Crippen LogP contribution < -0.4 is 21.1 Å². The Balaban J connectivity index is 2.15. The van der Waals surface area contributed by atoms with Crippen LogP contribution in [0.15, 0.2) is 0 Å². The SMILES string of the molecule is CCNC(=O)c1sc(NCC2(C)CCC2)c(OC)c1N. The minimum absolute atomic E-state index is 0.142. The molecule has 0 saturated heterocycles. The predicted molar refractivity (Wildman–Crippen MR) is 83.7 cm³/mol. The number of carbonyl (C=O) groups is 1. The van der Waals surface area contributed by atoms with Crippen molar-refractivity contribution in [3.8, 4) is 5.75 Å². The summed E-state index contributed by atoms with van der Waals surface area (Å²) < 4.78 is 5.34. The summed E-state index contributed by atoms with van der Waals surface area (Å²) in [7, 11) is 1.58. The maximum atomic E-state index is 12.0. The first kappa shape index (κ1) is 15.0. The van der Waals surface area contributed by atoms with Crippen LogP contribution in [0.2, 0.25) is 0 Å². The molecule has 1 amide bonds. The molecular weight excluding hydrogens is 274 g/mol. The average molecular weight is 297 g/mol. The third-order valence-electron chi connectivity index (χ3n) is 3.88. The summed E-state index contributed by atoms with van der Waals surface area (Å²) in [5.41, 5.74) is 6.79. The van der Waals surface area contributed by atoms with E-state index >= 15 is 0 Å². The highest BCUT2D eigenvalue weighted by molar-refractivity contribution is 7.19. The van der Waals surface area contributed by atoms with Crippen molar-refractivity contribution in [2.24, 2.45) is 5.41 Å². The molecule has 0 spiro atoms. The third kappa shape index (κ3) is 2.85. The lowest BCUT2D eigenvalue weighted by molar-refractivity contribution is 0.0960. The Bertz CT molecular complexity index is 495. The second kappa shape index (κ2) is 5.91. The van der Waals surface area contributed by atoms with Crippen molar-refractivity contribution in [1.29, 1.82) is 0 Å². The van der Waals surface area contributed by atoms with Crippen molar-refractivity contribution >= 4 is 27.9 Å². The van der Waals surface area contributed by atoms with Crippen molar-refractivity contribution in [2.45, 2.75) is 33.1 Å². The van der Waals surface area contributed by atoms with E-state index in [0.717, 1.165) is 11.5 Å². The summed E-state index contributed by atoms with van der Waals surface area (Å²) in [6, 6.07) is 0. The first-order chi connectivity index (χ1) is 9.50. The Morgan fingerprint density at radius 1 is 1.50 bits per heavy atom. The molecule has 2 rings (SSSR count). The molecule has 0 aromatic carbocycles. The van der Waals surface area contributed by atoms with Crippen molar-refractivity contribution < 1.29 is 9.53 Å². The molecule has 0 radical (unpaired) electrons. The summed E-state index contributed by atoms with van der Waals surface area (Å²) in [6.45, 7) is 5.63. The normalized spacial score (nSPS) is 16.4. The van der Waals surface area contributed by atoms with E-state index in [1.165, 1.54) is 30.6 Å². The first-order valence-electron chi connectivity index (χ1n) is 6.99. The lowest BCUT2D eigenvalue weighted by atomic mass is 9.70. The van der Waals surface area contributed by atoms with Crippen LogP contribution in [0.4, 0.5) is 10.7 Å². The average Bonchev–Trinajstić information content (AvgIpc) is 2.71. The summed E-state index contributed by atoms with van der Waals surface area (Å²) in [5.74, 6) is 0.440. The minimum Gasteiger partial charge on any atom is -0.492 e. The summed E-state index contributed by atoms with van der Waals surface area (Å²) >= 11 is 1.36. The van der Waals surface area contributed by atoms with E-state index < -0.39 is 0 Å². The van der Waals surface area contributed by atoms with Gasteiger partial charge in [0.2, 0.25) is 0 Å². The number of hydrogen-bond acceptors (Lipinski definition) is 5. The smallest absolute Gasteiger partial charge is 0.263 e. The largest absolute Gasteiger partial charge is 0.492 e. The molecule has 5 nitrogen and oxygen atoms in total. The molecule has 0 bridgehead atoms. The number of nitrogen functional groups attached to an aromatic ring is 1. The molecule has 0 aliphatic heterocycles. The van der Waals surface area contributed by atoms with Gasteiger partial charge in [-0.1, -0.05) is 13.3 Å². The quantitative estimate of drug-likeness (QED) is 0.754. The molecule has 20 heavy (non-hydrogen) atoms. The zero-order valence-corrected chi connectivity index (χ0v) is 13.2. The number of amides is 1. The van der Waals surface area contributed by atoms with Crippen molar-refractivity contribution in [3.63, 3.8) is 0 Å². The van der Waals surface area contributed by atoms with Crippen LogP contribution in [0.1, 0.15) is 42.8 Å². The van der Waals surface area contributed by atoms with Gasteiger partial charge < -0.3 is 21.1 Å². The Morgan fingerprint density at radius 2 is 2.20 bits per heavy atom. The fourth-order valence-corrected chi connectivity index (χ4v) is 3.41. The molecule has 1 aromatic rings. The van der Waals surface area contributed by atoms with Gasteiger partial charge in [-0.3, -0.25) is 4.79 Å². The fourth-order valence-electron chi connectivity index (χ4n) is 2.41. The van der Waals surface area contributed by atoms with Gasteiger partial charge in [0, 0.05) is 13.1 Å². The van der Waals surface area contributed by atoms with Crippen LogP contribution in [0.3, 0.4) is 0 Å². The highest BCUT2D eigenvalue weighted by atomic mass is 32.1. The van der Waals surface area contributed by atoms with Gasteiger partial charge in [0.15, 0.2) is 5.75 Å². The zero-order chi connectivity index (χ0) is 14.8. The molecule has 1 aliphatic rings. The van der Waals surface area contributed by atoms with E-state index in [-0.39, 0.29) is 5.91 Å². The van der Waals surface area contributed by atoms with Crippen LogP contribution in [0, 0.1) is 5.41 Å². The van der Waals surface area contributed by atoms with Gasteiger partial charge in [-0.15, -0.1) is 11.3 Å². The van der Waals surface area contributed by atoms with Gasteiger partial charge in [0.25, 0.3) is 5.91 Å². The van der Waals surface area contributed by atoms with E-state index in [1.54, 1.807) is 7.11 Å². The number of thiophene rings is 1. The minimum atomic E-state index is -0.142. The molecule has 1 heterocycles. The summed E-state index contributed by atoms with van der Waals surface area (Å²) in [5, 5.41) is 7.02. The van der Waals surface area contributed by atoms with Crippen LogP contribution in [0.5, 0.6) is 5.75 Å². The van der Waals surface area contributed by atoms with E-state index in [1.807, 2.05) is 6.92 Å². The standard InChI is InChI=1S/C14H23N3O2S/c1-4-16-12(18)11-9(15)10(19-3)13(20-11)17-8-14(2)6-5-7-14/h17H,4-8,15H2,1-3H3,(H,16,18). The lowest BCUT2D eigenvalue weighted by Crippen LogP contribution is -2.33. The molecule has 4 N–H and O–H groups in total. The predicted octanol–water partition coefficient (Wildman–Crippen LogP) is 2.69. The Hall–Kier alpha value is -1.43. The van der Waals surface area contributed by atoms with Gasteiger partial charge >= 0.3 is 0 Å². The van der Waals surface area contributed by atoms with Crippen LogP contribution in [-0.4, -0.2) is 26.1 Å². The number of nitrogens with one attached hydrogen (secondary N) is 2. The summed E-state index contributed by atoms with van der Waals surface area (Å²) in [6.07, 6.45) is 3.78. The molecule has 1 saturated carbocycles. The van der Waals surface area contributed by atoms with E-state index in [4.69, 9.17) is 10.5 Å². The topological polar surface area (TPSA) is 76.4 Å². The molecule has 0 atom stereocenters. The number of anilines is 2. The molecule has 1 aromatic heterocycles. The van der Waals surface area contributed by atoms with Crippen LogP contribution >= 0.6 is 11.3 Å². The number of nitrogens with two attached hydrogens (primary N) is 1. The van der Waals surface area contributed by atoms with Crippen LogP contribution in [0.25, 0.3) is 0 Å². The van der Waals surface area contributed by atoms with Crippen molar-refractivity contribution in [3.05, 3.63) is 4.88 Å². The third-order valence-corrected chi connectivity index (χ3v) is 5.03. The van der Waals surface area contributed by atoms with E-state index in [9.17, 15) is 4.79 Å². The Kier molecular flexibility index (Phi) is 4.42. The molecule has 6 heteroatoms.